The van der Waals surface area contributed by atoms with Gasteiger partial charge in [-0.1, -0.05) is 0 Å². The first kappa shape index (κ1) is 16.4. The third kappa shape index (κ3) is 5.06. The molecule has 2 rings (SSSR count). The van der Waals surface area contributed by atoms with Gasteiger partial charge >= 0.3 is 6.03 Å². The Bertz CT molecular complexity index is 500. The minimum absolute atomic E-state index is 0.260. The highest BCUT2D eigenvalue weighted by Gasteiger charge is 2.20. The van der Waals surface area contributed by atoms with Gasteiger partial charge in [-0.25, -0.2) is 4.79 Å². The summed E-state index contributed by atoms with van der Waals surface area (Å²) in [4.78, 5) is 28.5. The summed E-state index contributed by atoms with van der Waals surface area (Å²) in [5.74, 6) is -0.260. The van der Waals surface area contributed by atoms with E-state index in [0.717, 1.165) is 32.7 Å². The van der Waals surface area contributed by atoms with E-state index in [1.807, 2.05) is 0 Å². The molecule has 0 aromatic carbocycles. The molecule has 2 N–H and O–H groups in total. The Labute approximate surface area is 136 Å². The Kier molecular flexibility index (Phi) is 6.16. The fourth-order valence-corrected chi connectivity index (χ4v) is 3.70. The van der Waals surface area contributed by atoms with Gasteiger partial charge in [-0.3, -0.25) is 19.9 Å². The van der Waals surface area contributed by atoms with Crippen molar-refractivity contribution < 1.29 is 9.59 Å². The quantitative estimate of drug-likeness (QED) is 0.827. The van der Waals surface area contributed by atoms with Gasteiger partial charge in [0, 0.05) is 49.1 Å². The first-order valence-electron chi connectivity index (χ1n) is 6.76. The van der Waals surface area contributed by atoms with E-state index >= 15 is 0 Å². The highest BCUT2D eigenvalue weighted by atomic mass is 79.9. The van der Waals surface area contributed by atoms with Crippen molar-refractivity contribution >= 4 is 39.2 Å². The molecule has 21 heavy (non-hydrogen) atoms. The van der Waals surface area contributed by atoms with Crippen LogP contribution in [0, 0.1) is 0 Å². The van der Waals surface area contributed by atoms with Crippen LogP contribution in [-0.2, 0) is 11.3 Å². The fraction of sp³-hybridized carbons (Fsp3) is 0.538. The van der Waals surface area contributed by atoms with E-state index in [2.05, 4.69) is 47.8 Å². The zero-order valence-corrected chi connectivity index (χ0v) is 14.3. The summed E-state index contributed by atoms with van der Waals surface area (Å²) in [6.07, 6.45) is 0. The van der Waals surface area contributed by atoms with E-state index in [1.54, 1.807) is 11.3 Å². The molecule has 0 saturated carbocycles. The largest absolute Gasteiger partial charge is 0.341 e. The maximum Gasteiger partial charge on any atom is 0.321 e. The van der Waals surface area contributed by atoms with Crippen molar-refractivity contribution in [1.29, 1.82) is 0 Å². The molecular weight excluding hydrogens is 356 g/mol. The molecule has 0 atom stereocenters. The number of rotatable bonds is 4. The van der Waals surface area contributed by atoms with Crippen molar-refractivity contribution in [2.45, 2.75) is 6.54 Å². The van der Waals surface area contributed by atoms with Crippen LogP contribution in [0.1, 0.15) is 4.88 Å². The number of nitrogens with zero attached hydrogens (tertiary/aromatic N) is 2. The minimum atomic E-state index is -0.457. The molecule has 3 amide bonds. The molecule has 116 valence electrons. The predicted molar refractivity (Wildman–Crippen MR) is 86.3 cm³/mol. The number of thiophene rings is 1. The molecule has 1 saturated heterocycles. The monoisotopic (exact) mass is 374 g/mol. The van der Waals surface area contributed by atoms with Crippen LogP contribution in [0.2, 0.25) is 0 Å². The summed E-state index contributed by atoms with van der Waals surface area (Å²) in [5, 5.41) is 6.73. The van der Waals surface area contributed by atoms with Gasteiger partial charge in [0.2, 0.25) is 5.91 Å². The van der Waals surface area contributed by atoms with Crippen LogP contribution in [0.4, 0.5) is 4.79 Å². The second-order valence-corrected chi connectivity index (χ2v) is 6.73. The smallest absolute Gasteiger partial charge is 0.321 e. The summed E-state index contributed by atoms with van der Waals surface area (Å²) in [5.41, 5.74) is 0. The van der Waals surface area contributed by atoms with Crippen LogP contribution in [0.3, 0.4) is 0 Å². The van der Waals surface area contributed by atoms with Crippen LogP contribution in [-0.4, -0.2) is 61.5 Å². The molecular formula is C13H19BrN4O2S. The topological polar surface area (TPSA) is 64.7 Å². The van der Waals surface area contributed by atoms with Gasteiger partial charge in [0.1, 0.15) is 0 Å². The summed E-state index contributed by atoms with van der Waals surface area (Å²) in [7, 11) is 1.49. The average molecular weight is 375 g/mol. The maximum absolute atomic E-state index is 11.6. The number of amides is 3. The Balaban J connectivity index is 1.72. The lowest BCUT2D eigenvalue weighted by atomic mass is 10.3. The molecule has 0 unspecified atom stereocenters. The molecule has 1 aliphatic rings. The number of nitrogens with one attached hydrogen (secondary N) is 2. The average Bonchev–Trinajstić information content (AvgIpc) is 2.86. The number of hydrogen-bond donors (Lipinski definition) is 2. The second kappa shape index (κ2) is 7.88. The highest BCUT2D eigenvalue weighted by molar-refractivity contribution is 9.10. The van der Waals surface area contributed by atoms with E-state index in [-0.39, 0.29) is 12.5 Å². The third-order valence-corrected chi connectivity index (χ3v) is 5.28. The number of carbonyl (C=O) groups excluding carboxylic acids is 2. The Morgan fingerprint density at radius 1 is 1.29 bits per heavy atom. The molecule has 0 spiro atoms. The number of imide groups is 1. The van der Waals surface area contributed by atoms with Crippen LogP contribution in [0.15, 0.2) is 15.9 Å². The molecule has 0 radical (unpaired) electrons. The van der Waals surface area contributed by atoms with Crippen LogP contribution in [0.5, 0.6) is 0 Å². The molecule has 8 heteroatoms. The number of halogens is 1. The summed E-state index contributed by atoms with van der Waals surface area (Å²) in [6, 6.07) is 1.61. The Morgan fingerprint density at radius 3 is 2.52 bits per heavy atom. The van der Waals surface area contributed by atoms with E-state index in [0.29, 0.717) is 0 Å². The minimum Gasteiger partial charge on any atom is -0.341 e. The molecule has 6 nitrogen and oxygen atoms in total. The van der Waals surface area contributed by atoms with Gasteiger partial charge in [0.05, 0.1) is 6.54 Å². The van der Waals surface area contributed by atoms with E-state index in [4.69, 9.17) is 0 Å². The first-order chi connectivity index (χ1) is 10.1. The lowest BCUT2D eigenvalue weighted by molar-refractivity contribution is -0.121. The molecule has 1 fully saturated rings. The SMILES string of the molecule is CNC(=O)NC(=O)CN1CCN(Cc2sccc2Br)CC1. The summed E-state index contributed by atoms with van der Waals surface area (Å²) < 4.78 is 1.17. The van der Waals surface area contributed by atoms with Crippen molar-refractivity contribution in [1.82, 2.24) is 20.4 Å². The van der Waals surface area contributed by atoms with Gasteiger partial charge in [-0.2, -0.15) is 0 Å². The van der Waals surface area contributed by atoms with Gasteiger partial charge in [-0.15, -0.1) is 11.3 Å². The number of carbonyl (C=O) groups is 2. The normalized spacial score (nSPS) is 16.7. The zero-order chi connectivity index (χ0) is 15.2. The van der Waals surface area contributed by atoms with Crippen molar-refractivity contribution in [3.63, 3.8) is 0 Å². The first-order valence-corrected chi connectivity index (χ1v) is 8.44. The summed E-state index contributed by atoms with van der Waals surface area (Å²) in [6.45, 7) is 4.74. The van der Waals surface area contributed by atoms with Crippen molar-refractivity contribution in [3.05, 3.63) is 20.8 Å². The molecule has 1 aliphatic heterocycles. The van der Waals surface area contributed by atoms with Crippen LogP contribution in [0.25, 0.3) is 0 Å². The van der Waals surface area contributed by atoms with Crippen molar-refractivity contribution in [3.8, 4) is 0 Å². The van der Waals surface area contributed by atoms with Crippen LogP contribution >= 0.6 is 27.3 Å². The number of hydrogen-bond acceptors (Lipinski definition) is 5. The Morgan fingerprint density at radius 2 is 1.95 bits per heavy atom. The lowest BCUT2D eigenvalue weighted by Gasteiger charge is -2.34. The Hall–Kier alpha value is -0.960. The maximum atomic E-state index is 11.6. The number of piperazine rings is 1. The third-order valence-electron chi connectivity index (χ3n) is 3.37. The fourth-order valence-electron chi connectivity index (χ4n) is 2.18. The van der Waals surface area contributed by atoms with Crippen LogP contribution < -0.4 is 10.6 Å². The van der Waals surface area contributed by atoms with Gasteiger partial charge < -0.3 is 5.32 Å². The van der Waals surface area contributed by atoms with Gasteiger partial charge in [0.15, 0.2) is 0 Å². The molecule has 1 aromatic rings. The summed E-state index contributed by atoms with van der Waals surface area (Å²) >= 11 is 5.30. The van der Waals surface area contributed by atoms with E-state index in [9.17, 15) is 9.59 Å². The second-order valence-electron chi connectivity index (χ2n) is 4.87. The molecule has 0 bridgehead atoms. The number of urea groups is 1. The standard InChI is InChI=1S/C13H19BrN4O2S/c1-15-13(20)16-12(19)9-18-5-3-17(4-6-18)8-11-10(14)2-7-21-11/h2,7H,3-6,8-9H2,1H3,(H2,15,16,19,20). The highest BCUT2D eigenvalue weighted by Crippen LogP contribution is 2.24. The molecule has 0 aliphatic carbocycles. The molecule has 2 heterocycles. The zero-order valence-electron chi connectivity index (χ0n) is 11.9. The lowest BCUT2D eigenvalue weighted by Crippen LogP contribution is -2.50. The van der Waals surface area contributed by atoms with Gasteiger partial charge in [-0.05, 0) is 27.4 Å². The van der Waals surface area contributed by atoms with Crippen molar-refractivity contribution in [2.75, 3.05) is 39.8 Å². The molecule has 1 aromatic heterocycles. The van der Waals surface area contributed by atoms with E-state index in [1.165, 1.54) is 16.4 Å². The van der Waals surface area contributed by atoms with Crippen molar-refractivity contribution in [2.24, 2.45) is 0 Å². The van der Waals surface area contributed by atoms with Gasteiger partial charge in [0.25, 0.3) is 0 Å². The van der Waals surface area contributed by atoms with E-state index < -0.39 is 6.03 Å². The predicted octanol–water partition coefficient (Wildman–Crippen LogP) is 1.08.